The van der Waals surface area contributed by atoms with E-state index in [1.54, 1.807) is 6.08 Å². The maximum Gasteiger partial charge on any atom is 0.119 e. The topological polar surface area (TPSA) is 23.8 Å². The summed E-state index contributed by atoms with van der Waals surface area (Å²) in [6.07, 6.45) is 5.71. The lowest BCUT2D eigenvalue weighted by Gasteiger charge is -2.34. The molecule has 0 N–H and O–H groups in total. The van der Waals surface area contributed by atoms with Gasteiger partial charge in [0.05, 0.1) is 12.0 Å². The average Bonchev–Trinajstić information content (AvgIpc) is 2.09. The second kappa shape index (κ2) is 3.96. The van der Waals surface area contributed by atoms with Crippen molar-refractivity contribution in [1.29, 1.82) is 5.26 Å². The molecule has 0 bridgehead atoms. The molecule has 0 aliphatic heterocycles. The first-order chi connectivity index (χ1) is 6.51. The summed E-state index contributed by atoms with van der Waals surface area (Å²) in [5.74, 6) is -0.0957. The van der Waals surface area contributed by atoms with Crippen LogP contribution < -0.4 is 0 Å². The van der Waals surface area contributed by atoms with Crippen molar-refractivity contribution in [2.75, 3.05) is 0 Å². The molecule has 1 rings (SSSR count). The van der Waals surface area contributed by atoms with Crippen LogP contribution in [0.3, 0.4) is 0 Å². The number of halogens is 1. The Balaban J connectivity index is 2.93. The molecular formula is C12H16FN. The third-order valence-electron chi connectivity index (χ3n) is 2.87. The molecule has 0 spiro atoms. The van der Waals surface area contributed by atoms with Crippen LogP contribution in [-0.2, 0) is 0 Å². The summed E-state index contributed by atoms with van der Waals surface area (Å²) in [4.78, 5) is 0. The van der Waals surface area contributed by atoms with E-state index < -0.39 is 0 Å². The minimum Gasteiger partial charge on any atom is -0.207 e. The van der Waals surface area contributed by atoms with Crippen LogP contribution in [0.2, 0.25) is 0 Å². The van der Waals surface area contributed by atoms with E-state index in [9.17, 15) is 4.39 Å². The van der Waals surface area contributed by atoms with Gasteiger partial charge in [0, 0.05) is 5.92 Å². The van der Waals surface area contributed by atoms with Crippen molar-refractivity contribution in [3.05, 3.63) is 24.1 Å². The normalized spacial score (nSPS) is 26.5. The van der Waals surface area contributed by atoms with E-state index >= 15 is 0 Å². The minimum atomic E-state index is -0.255. The lowest BCUT2D eigenvalue weighted by molar-refractivity contribution is 0.265. The van der Waals surface area contributed by atoms with Crippen LogP contribution in [0.15, 0.2) is 24.1 Å². The van der Waals surface area contributed by atoms with Crippen molar-refractivity contribution < 1.29 is 4.39 Å². The molecule has 0 radical (unpaired) electrons. The van der Waals surface area contributed by atoms with E-state index in [0.717, 1.165) is 6.42 Å². The van der Waals surface area contributed by atoms with Gasteiger partial charge in [-0.25, -0.2) is 4.39 Å². The fourth-order valence-electron chi connectivity index (χ4n) is 2.02. The van der Waals surface area contributed by atoms with Crippen molar-refractivity contribution in [2.45, 2.75) is 27.2 Å². The summed E-state index contributed by atoms with van der Waals surface area (Å²) in [5.41, 5.74) is -0.255. The summed E-state index contributed by atoms with van der Waals surface area (Å²) in [7, 11) is 0. The van der Waals surface area contributed by atoms with Crippen molar-refractivity contribution in [2.24, 2.45) is 17.3 Å². The smallest absolute Gasteiger partial charge is 0.119 e. The Hall–Kier alpha value is -1.10. The van der Waals surface area contributed by atoms with Gasteiger partial charge < -0.3 is 0 Å². The van der Waals surface area contributed by atoms with Gasteiger partial charge in [-0.15, -0.1) is 0 Å². The highest BCUT2D eigenvalue weighted by atomic mass is 19.1. The zero-order valence-electron chi connectivity index (χ0n) is 8.92. The first-order valence-electron chi connectivity index (χ1n) is 4.97. The third-order valence-corrected chi connectivity index (χ3v) is 2.87. The molecule has 0 fully saturated rings. The quantitative estimate of drug-likeness (QED) is 0.657. The third kappa shape index (κ3) is 2.04. The van der Waals surface area contributed by atoms with Crippen molar-refractivity contribution in [3.8, 4) is 6.07 Å². The van der Waals surface area contributed by atoms with E-state index in [1.165, 1.54) is 6.08 Å². The molecule has 2 unspecified atom stereocenters. The molecule has 2 heteroatoms. The maximum absolute atomic E-state index is 13.0. The SMILES string of the molecule is CCC(C#N)C1C=CC(F)=CC1(C)C. The zero-order valence-corrected chi connectivity index (χ0v) is 8.92. The van der Waals surface area contributed by atoms with Crippen molar-refractivity contribution in [3.63, 3.8) is 0 Å². The molecule has 0 amide bonds. The number of hydrogen-bond acceptors (Lipinski definition) is 1. The van der Waals surface area contributed by atoms with Gasteiger partial charge in [-0.3, -0.25) is 0 Å². The Labute approximate surface area is 84.9 Å². The summed E-state index contributed by atoms with van der Waals surface area (Å²) in [5, 5.41) is 8.98. The van der Waals surface area contributed by atoms with Crippen LogP contribution in [-0.4, -0.2) is 0 Å². The molecule has 0 heterocycles. The largest absolute Gasteiger partial charge is 0.207 e. The molecule has 14 heavy (non-hydrogen) atoms. The van der Waals surface area contributed by atoms with Crippen LogP contribution in [0, 0.1) is 28.6 Å². The molecule has 76 valence electrons. The van der Waals surface area contributed by atoms with E-state index in [4.69, 9.17) is 5.26 Å². The van der Waals surface area contributed by atoms with Crippen LogP contribution in [0.4, 0.5) is 4.39 Å². The summed E-state index contributed by atoms with van der Waals surface area (Å²) in [6.45, 7) is 5.94. The number of allylic oxidation sites excluding steroid dienone is 4. The molecule has 1 nitrogen and oxygen atoms in total. The fraction of sp³-hybridized carbons (Fsp3) is 0.583. The Morgan fingerprint density at radius 1 is 1.64 bits per heavy atom. The van der Waals surface area contributed by atoms with E-state index in [1.807, 2.05) is 26.8 Å². The monoisotopic (exact) mass is 193 g/mol. The zero-order chi connectivity index (χ0) is 10.8. The van der Waals surface area contributed by atoms with E-state index in [2.05, 4.69) is 6.07 Å². The highest BCUT2D eigenvalue weighted by Gasteiger charge is 2.33. The van der Waals surface area contributed by atoms with Crippen LogP contribution >= 0.6 is 0 Å². The molecule has 0 saturated carbocycles. The highest BCUT2D eigenvalue weighted by Crippen LogP contribution is 2.40. The predicted molar refractivity (Wildman–Crippen MR) is 55.0 cm³/mol. The number of nitriles is 1. The minimum absolute atomic E-state index is 0.0226. The second-order valence-electron chi connectivity index (χ2n) is 4.38. The number of hydrogen-bond donors (Lipinski definition) is 0. The maximum atomic E-state index is 13.0. The van der Waals surface area contributed by atoms with E-state index in [-0.39, 0.29) is 23.1 Å². The van der Waals surface area contributed by atoms with Gasteiger partial charge in [0.25, 0.3) is 0 Å². The molecule has 0 aromatic rings. The first-order valence-corrected chi connectivity index (χ1v) is 4.97. The van der Waals surface area contributed by atoms with Gasteiger partial charge in [0.15, 0.2) is 0 Å². The van der Waals surface area contributed by atoms with Gasteiger partial charge in [-0.1, -0.05) is 26.8 Å². The van der Waals surface area contributed by atoms with Crippen molar-refractivity contribution >= 4 is 0 Å². The van der Waals surface area contributed by atoms with Gasteiger partial charge in [0.1, 0.15) is 5.83 Å². The number of nitrogens with zero attached hydrogens (tertiary/aromatic N) is 1. The van der Waals surface area contributed by atoms with E-state index in [0.29, 0.717) is 0 Å². The Bertz CT molecular complexity index is 307. The predicted octanol–water partition coefficient (Wildman–Crippen LogP) is 3.60. The van der Waals surface area contributed by atoms with Gasteiger partial charge in [0.2, 0.25) is 0 Å². The number of rotatable bonds is 2. The summed E-state index contributed by atoms with van der Waals surface area (Å²) < 4.78 is 13.0. The van der Waals surface area contributed by atoms with Gasteiger partial charge >= 0.3 is 0 Å². The Morgan fingerprint density at radius 2 is 2.29 bits per heavy atom. The van der Waals surface area contributed by atoms with Crippen molar-refractivity contribution in [1.82, 2.24) is 0 Å². The molecule has 0 aromatic carbocycles. The lowest BCUT2D eigenvalue weighted by Crippen LogP contribution is -2.28. The summed E-state index contributed by atoms with van der Waals surface area (Å²) >= 11 is 0. The fourth-order valence-corrected chi connectivity index (χ4v) is 2.02. The average molecular weight is 193 g/mol. The summed E-state index contributed by atoms with van der Waals surface area (Å²) in [6, 6.07) is 2.29. The van der Waals surface area contributed by atoms with Gasteiger partial charge in [-0.05, 0) is 24.0 Å². The molecular weight excluding hydrogens is 177 g/mol. The second-order valence-corrected chi connectivity index (χ2v) is 4.38. The van der Waals surface area contributed by atoms with Crippen LogP contribution in [0.1, 0.15) is 27.2 Å². The molecule has 0 aromatic heterocycles. The molecule has 2 atom stereocenters. The molecule has 1 aliphatic rings. The first kappa shape index (κ1) is 11.0. The Morgan fingerprint density at radius 3 is 2.71 bits per heavy atom. The van der Waals surface area contributed by atoms with Gasteiger partial charge in [-0.2, -0.15) is 5.26 Å². The van der Waals surface area contributed by atoms with Crippen LogP contribution in [0.5, 0.6) is 0 Å². The molecule has 0 saturated heterocycles. The lowest BCUT2D eigenvalue weighted by atomic mass is 9.69. The Kier molecular flexibility index (Phi) is 3.10. The molecule has 1 aliphatic carbocycles. The van der Waals surface area contributed by atoms with Crippen LogP contribution in [0.25, 0.3) is 0 Å². The standard InChI is InChI=1S/C12H16FN/c1-4-9(8-14)11-6-5-10(13)7-12(11,2)3/h5-7,9,11H,4H2,1-3H3. The highest BCUT2D eigenvalue weighted by molar-refractivity contribution is 5.25.